The summed E-state index contributed by atoms with van der Waals surface area (Å²) in [7, 11) is 0. The molecular weight excluding hydrogens is 206 g/mol. The molecule has 0 radical (unpaired) electrons. The fourth-order valence-electron chi connectivity index (χ4n) is 1.72. The fourth-order valence-corrected chi connectivity index (χ4v) is 1.72. The molecule has 1 fully saturated rings. The number of carbonyl (C=O) groups is 1. The molecule has 0 aliphatic carbocycles. The lowest BCUT2D eigenvalue weighted by Gasteiger charge is -2.23. The van der Waals surface area contributed by atoms with Gasteiger partial charge in [-0.2, -0.15) is 0 Å². The lowest BCUT2D eigenvalue weighted by molar-refractivity contribution is 0.0994. The molecule has 16 heavy (non-hydrogen) atoms. The van der Waals surface area contributed by atoms with Gasteiger partial charge in [-0.15, -0.1) is 10.2 Å². The van der Waals surface area contributed by atoms with Gasteiger partial charge in [-0.05, 0) is 38.1 Å². The van der Waals surface area contributed by atoms with Crippen LogP contribution in [0.25, 0.3) is 0 Å². The molecule has 6 heteroatoms. The number of piperidine rings is 1. The Morgan fingerprint density at radius 3 is 2.69 bits per heavy atom. The van der Waals surface area contributed by atoms with Crippen LogP contribution in [0.1, 0.15) is 23.3 Å². The molecule has 2 rings (SSSR count). The van der Waals surface area contributed by atoms with Crippen LogP contribution in [-0.2, 0) is 0 Å². The van der Waals surface area contributed by atoms with Crippen molar-refractivity contribution in [3.05, 3.63) is 17.8 Å². The smallest absolute Gasteiger partial charge is 0.269 e. The van der Waals surface area contributed by atoms with Gasteiger partial charge in [-0.1, -0.05) is 0 Å². The van der Waals surface area contributed by atoms with Crippen LogP contribution in [-0.4, -0.2) is 35.2 Å². The second-order valence-corrected chi connectivity index (χ2v) is 3.84. The van der Waals surface area contributed by atoms with Crippen LogP contribution in [0.4, 0.5) is 5.82 Å². The third-order valence-electron chi connectivity index (χ3n) is 2.61. The van der Waals surface area contributed by atoms with E-state index in [-0.39, 0.29) is 5.69 Å². The number of nitrogens with one attached hydrogen (secondary N) is 2. The van der Waals surface area contributed by atoms with Crippen LogP contribution >= 0.6 is 0 Å². The van der Waals surface area contributed by atoms with E-state index >= 15 is 0 Å². The van der Waals surface area contributed by atoms with E-state index in [2.05, 4.69) is 20.8 Å². The van der Waals surface area contributed by atoms with Crippen molar-refractivity contribution in [1.82, 2.24) is 15.5 Å². The topological polar surface area (TPSA) is 92.9 Å². The number of anilines is 1. The zero-order chi connectivity index (χ0) is 11.4. The fraction of sp³-hybridized carbons (Fsp3) is 0.500. The zero-order valence-corrected chi connectivity index (χ0v) is 8.94. The predicted molar refractivity (Wildman–Crippen MR) is 60.1 cm³/mol. The molecule has 0 atom stereocenters. The molecule has 1 saturated heterocycles. The molecule has 0 aromatic carbocycles. The Hall–Kier alpha value is -1.69. The van der Waals surface area contributed by atoms with Crippen LogP contribution < -0.4 is 16.4 Å². The van der Waals surface area contributed by atoms with E-state index in [1.807, 2.05) is 0 Å². The number of amides is 1. The Morgan fingerprint density at radius 2 is 2.12 bits per heavy atom. The molecule has 4 N–H and O–H groups in total. The number of rotatable bonds is 3. The Morgan fingerprint density at radius 1 is 1.38 bits per heavy atom. The quantitative estimate of drug-likeness (QED) is 0.654. The van der Waals surface area contributed by atoms with Crippen molar-refractivity contribution in [3.8, 4) is 0 Å². The van der Waals surface area contributed by atoms with Crippen LogP contribution in [0.15, 0.2) is 12.1 Å². The van der Waals surface area contributed by atoms with Gasteiger partial charge in [0.05, 0.1) is 0 Å². The first-order valence-corrected chi connectivity index (χ1v) is 5.36. The van der Waals surface area contributed by atoms with Crippen molar-refractivity contribution in [2.75, 3.05) is 18.4 Å². The molecule has 1 aliphatic rings. The first-order chi connectivity index (χ1) is 7.75. The van der Waals surface area contributed by atoms with Gasteiger partial charge in [0.15, 0.2) is 5.69 Å². The van der Waals surface area contributed by atoms with Crippen LogP contribution in [0, 0.1) is 0 Å². The van der Waals surface area contributed by atoms with E-state index in [0.29, 0.717) is 11.9 Å². The summed E-state index contributed by atoms with van der Waals surface area (Å²) in [5.41, 5.74) is 5.27. The maximum Gasteiger partial charge on any atom is 0.269 e. The van der Waals surface area contributed by atoms with Crippen molar-refractivity contribution in [2.24, 2.45) is 5.73 Å². The molecule has 0 bridgehead atoms. The summed E-state index contributed by atoms with van der Waals surface area (Å²) in [6, 6.07) is 3.74. The van der Waals surface area contributed by atoms with E-state index in [4.69, 9.17) is 5.73 Å². The second-order valence-electron chi connectivity index (χ2n) is 3.84. The van der Waals surface area contributed by atoms with Gasteiger partial charge in [0.2, 0.25) is 0 Å². The van der Waals surface area contributed by atoms with Crippen molar-refractivity contribution < 1.29 is 4.79 Å². The highest BCUT2D eigenvalue weighted by Crippen LogP contribution is 2.10. The highest BCUT2D eigenvalue weighted by molar-refractivity contribution is 5.90. The number of carbonyl (C=O) groups excluding carboxylic acids is 1. The number of primary amides is 1. The summed E-state index contributed by atoms with van der Waals surface area (Å²) in [6.07, 6.45) is 2.14. The van der Waals surface area contributed by atoms with E-state index in [1.54, 1.807) is 12.1 Å². The SMILES string of the molecule is NC(=O)c1ccc(NC2CCNCC2)nn1. The van der Waals surface area contributed by atoms with Crippen LogP contribution in [0.5, 0.6) is 0 Å². The van der Waals surface area contributed by atoms with E-state index in [1.165, 1.54) is 0 Å². The molecule has 6 nitrogen and oxygen atoms in total. The molecule has 1 amide bonds. The van der Waals surface area contributed by atoms with Crippen molar-refractivity contribution >= 4 is 11.7 Å². The number of hydrogen-bond acceptors (Lipinski definition) is 5. The van der Waals surface area contributed by atoms with E-state index in [9.17, 15) is 4.79 Å². The maximum atomic E-state index is 10.8. The molecule has 1 aromatic heterocycles. The molecule has 0 spiro atoms. The van der Waals surface area contributed by atoms with Crippen LogP contribution in [0.3, 0.4) is 0 Å². The van der Waals surface area contributed by atoms with Gasteiger partial charge < -0.3 is 16.4 Å². The Labute approximate surface area is 93.6 Å². The number of nitrogens with zero attached hydrogens (tertiary/aromatic N) is 2. The minimum absolute atomic E-state index is 0.191. The van der Waals surface area contributed by atoms with E-state index < -0.39 is 5.91 Å². The zero-order valence-electron chi connectivity index (χ0n) is 8.94. The minimum Gasteiger partial charge on any atom is -0.366 e. The third-order valence-corrected chi connectivity index (χ3v) is 2.61. The van der Waals surface area contributed by atoms with Crippen molar-refractivity contribution in [2.45, 2.75) is 18.9 Å². The summed E-state index contributed by atoms with van der Waals surface area (Å²) in [5, 5.41) is 14.2. The Kier molecular flexibility index (Phi) is 3.31. The highest BCUT2D eigenvalue weighted by Gasteiger charge is 2.13. The predicted octanol–water partition coefficient (Wildman–Crippen LogP) is -0.261. The van der Waals surface area contributed by atoms with Gasteiger partial charge in [0, 0.05) is 6.04 Å². The number of hydrogen-bond donors (Lipinski definition) is 3. The lowest BCUT2D eigenvalue weighted by Crippen LogP contribution is -2.35. The molecule has 1 aliphatic heterocycles. The summed E-state index contributed by atoms with van der Waals surface area (Å²) in [6.45, 7) is 2.04. The van der Waals surface area contributed by atoms with E-state index in [0.717, 1.165) is 25.9 Å². The normalized spacial score (nSPS) is 17.0. The van der Waals surface area contributed by atoms with Crippen molar-refractivity contribution in [1.29, 1.82) is 0 Å². The summed E-state index contributed by atoms with van der Waals surface area (Å²) in [5.74, 6) is 0.137. The average Bonchev–Trinajstić information content (AvgIpc) is 2.31. The highest BCUT2D eigenvalue weighted by atomic mass is 16.1. The van der Waals surface area contributed by atoms with Crippen molar-refractivity contribution in [3.63, 3.8) is 0 Å². The molecular formula is C10H15N5O. The first kappa shape index (κ1) is 10.8. The molecule has 0 unspecified atom stereocenters. The van der Waals surface area contributed by atoms with Crippen LogP contribution in [0.2, 0.25) is 0 Å². The number of aromatic nitrogens is 2. The Bertz CT molecular complexity index is 358. The molecule has 2 heterocycles. The summed E-state index contributed by atoms with van der Waals surface area (Å²) in [4.78, 5) is 10.8. The standard InChI is InChI=1S/C10H15N5O/c11-10(16)8-1-2-9(15-14-8)13-7-3-5-12-6-4-7/h1-2,7,12H,3-6H2,(H2,11,16)(H,13,15). The summed E-state index contributed by atoms with van der Waals surface area (Å²) < 4.78 is 0. The Balaban J connectivity index is 1.96. The first-order valence-electron chi connectivity index (χ1n) is 5.36. The minimum atomic E-state index is -0.555. The monoisotopic (exact) mass is 221 g/mol. The van der Waals surface area contributed by atoms with Gasteiger partial charge in [0.1, 0.15) is 5.82 Å². The van der Waals surface area contributed by atoms with Gasteiger partial charge in [-0.3, -0.25) is 4.79 Å². The van der Waals surface area contributed by atoms with Gasteiger partial charge in [-0.25, -0.2) is 0 Å². The second kappa shape index (κ2) is 4.89. The molecule has 0 saturated carbocycles. The molecule has 86 valence electrons. The summed E-state index contributed by atoms with van der Waals surface area (Å²) >= 11 is 0. The lowest BCUT2D eigenvalue weighted by atomic mass is 10.1. The van der Waals surface area contributed by atoms with Gasteiger partial charge in [0.25, 0.3) is 5.91 Å². The van der Waals surface area contributed by atoms with Gasteiger partial charge >= 0.3 is 0 Å². The largest absolute Gasteiger partial charge is 0.366 e. The third kappa shape index (κ3) is 2.66. The maximum absolute atomic E-state index is 10.8. The molecule has 1 aromatic rings. The average molecular weight is 221 g/mol. The number of nitrogens with two attached hydrogens (primary N) is 1.